The number of rotatable bonds is 3. The number of ether oxygens (including phenoxy) is 1. The van der Waals surface area contributed by atoms with Crippen molar-refractivity contribution in [3.8, 4) is 0 Å². The normalized spacial score (nSPS) is 12.3. The smallest absolute Gasteiger partial charge is 0.406 e. The fourth-order valence-corrected chi connectivity index (χ4v) is 0.308. The van der Waals surface area contributed by atoms with E-state index in [1.54, 1.807) is 0 Å². The number of aliphatic hydroxyl groups is 1. The highest BCUT2D eigenvalue weighted by atomic mass is 16.5. The van der Waals surface area contributed by atoms with Gasteiger partial charge < -0.3 is 20.9 Å². The van der Waals surface area contributed by atoms with Crippen LogP contribution in [-0.2, 0) is 4.74 Å². The van der Waals surface area contributed by atoms with Crippen LogP contribution in [0.15, 0.2) is 0 Å². The summed E-state index contributed by atoms with van der Waals surface area (Å²) in [6, 6.07) is -0.489. The van der Waals surface area contributed by atoms with Crippen molar-refractivity contribution in [2.24, 2.45) is 5.73 Å². The first-order valence-corrected chi connectivity index (χ1v) is 2.91. The Balaban J connectivity index is 3.26. The highest BCUT2D eigenvalue weighted by Gasteiger charge is 2.02. The second kappa shape index (κ2) is 5.01. The van der Waals surface area contributed by atoms with E-state index in [9.17, 15) is 4.79 Å². The Labute approximate surface area is 59.2 Å². The number of hydrogen-bond acceptors (Lipinski definition) is 4. The molecule has 0 aromatic rings. The van der Waals surface area contributed by atoms with Gasteiger partial charge in [-0.15, -0.1) is 0 Å². The summed E-state index contributed by atoms with van der Waals surface area (Å²) in [5.41, 5.74) is 5.22. The molecule has 5 nitrogen and oxygen atoms in total. The van der Waals surface area contributed by atoms with Gasteiger partial charge in [0.25, 0.3) is 0 Å². The Morgan fingerprint density at radius 2 is 2.50 bits per heavy atom. The van der Waals surface area contributed by atoms with Crippen molar-refractivity contribution in [1.29, 1.82) is 0 Å². The zero-order valence-corrected chi connectivity index (χ0v) is 5.83. The Bertz CT molecular complexity index is 107. The van der Waals surface area contributed by atoms with E-state index in [0.717, 1.165) is 0 Å². The van der Waals surface area contributed by atoms with Crippen molar-refractivity contribution >= 4 is 6.09 Å². The quantitative estimate of drug-likeness (QED) is 0.462. The number of amides is 1. The number of aliphatic hydroxyl groups excluding tert-OH is 1. The van der Waals surface area contributed by atoms with E-state index < -0.39 is 12.1 Å². The number of carbonyl (C=O) groups is 1. The van der Waals surface area contributed by atoms with Gasteiger partial charge in [-0.1, -0.05) is 0 Å². The topological polar surface area (TPSA) is 84.6 Å². The third-order valence-electron chi connectivity index (χ3n) is 0.867. The van der Waals surface area contributed by atoms with Crippen LogP contribution >= 0.6 is 0 Å². The first-order valence-electron chi connectivity index (χ1n) is 2.91. The molecule has 1 amide bonds. The molecule has 0 aliphatic carbocycles. The van der Waals surface area contributed by atoms with Crippen LogP contribution in [0.2, 0.25) is 0 Å². The monoisotopic (exact) mass is 148 g/mol. The summed E-state index contributed by atoms with van der Waals surface area (Å²) in [6.45, 7) is -0.146. The molecule has 0 aliphatic rings. The van der Waals surface area contributed by atoms with Crippen LogP contribution in [-0.4, -0.2) is 37.5 Å². The largest absolute Gasteiger partial charge is 0.448 e. The Hall–Kier alpha value is -0.810. The summed E-state index contributed by atoms with van der Waals surface area (Å²) in [6.07, 6.45) is -0.538. The van der Waals surface area contributed by atoms with Gasteiger partial charge in [0.05, 0.1) is 12.6 Å². The van der Waals surface area contributed by atoms with E-state index in [0.29, 0.717) is 0 Å². The minimum Gasteiger partial charge on any atom is -0.448 e. The number of nitrogens with one attached hydrogen (secondary N) is 1. The van der Waals surface area contributed by atoms with Gasteiger partial charge in [-0.05, 0) is 0 Å². The first-order chi connectivity index (χ1) is 4.70. The predicted molar refractivity (Wildman–Crippen MR) is 35.5 cm³/mol. The number of alkyl carbamates (subject to hydrolysis) is 1. The summed E-state index contributed by atoms with van der Waals surface area (Å²) < 4.78 is 4.51. The molecule has 0 saturated carbocycles. The van der Waals surface area contributed by atoms with E-state index in [2.05, 4.69) is 10.1 Å². The average Bonchev–Trinajstić information content (AvgIpc) is 1.99. The van der Waals surface area contributed by atoms with Crippen LogP contribution in [0.3, 0.4) is 0 Å². The maximum absolute atomic E-state index is 10.4. The van der Waals surface area contributed by atoms with E-state index in [1.165, 1.54) is 7.05 Å². The van der Waals surface area contributed by atoms with Gasteiger partial charge in [0, 0.05) is 7.05 Å². The lowest BCUT2D eigenvalue weighted by Gasteiger charge is -2.07. The maximum Gasteiger partial charge on any atom is 0.406 e. The molecular weight excluding hydrogens is 136 g/mol. The molecule has 0 aliphatic heterocycles. The minimum atomic E-state index is -0.538. The molecule has 0 rings (SSSR count). The Morgan fingerprint density at radius 3 is 2.90 bits per heavy atom. The molecule has 0 aromatic carbocycles. The summed E-state index contributed by atoms with van der Waals surface area (Å²) in [4.78, 5) is 10.4. The first kappa shape index (κ1) is 9.19. The fraction of sp³-hybridized carbons (Fsp3) is 0.800. The van der Waals surface area contributed by atoms with Crippen LogP contribution in [0.1, 0.15) is 0 Å². The third-order valence-corrected chi connectivity index (χ3v) is 0.867. The maximum atomic E-state index is 10.4. The molecule has 0 spiro atoms. The molecule has 0 saturated heterocycles. The Morgan fingerprint density at radius 1 is 1.90 bits per heavy atom. The van der Waals surface area contributed by atoms with Crippen molar-refractivity contribution < 1.29 is 14.6 Å². The predicted octanol–water partition coefficient (Wildman–Crippen LogP) is -1.34. The second-order valence-electron chi connectivity index (χ2n) is 1.79. The van der Waals surface area contributed by atoms with Crippen molar-refractivity contribution in [1.82, 2.24) is 5.32 Å². The van der Waals surface area contributed by atoms with E-state index >= 15 is 0 Å². The van der Waals surface area contributed by atoms with Gasteiger partial charge >= 0.3 is 6.09 Å². The van der Waals surface area contributed by atoms with Crippen LogP contribution in [0.25, 0.3) is 0 Å². The number of carbonyl (C=O) groups excluding carboxylic acids is 1. The van der Waals surface area contributed by atoms with Gasteiger partial charge in [0.2, 0.25) is 0 Å². The summed E-state index contributed by atoms with van der Waals surface area (Å²) in [5, 5.41) is 10.6. The van der Waals surface area contributed by atoms with Crippen LogP contribution in [0, 0.1) is 0 Å². The average molecular weight is 148 g/mol. The lowest BCUT2D eigenvalue weighted by atomic mass is 10.4. The highest BCUT2D eigenvalue weighted by molar-refractivity contribution is 5.66. The molecule has 0 aromatic heterocycles. The summed E-state index contributed by atoms with van der Waals surface area (Å²) in [7, 11) is 1.45. The van der Waals surface area contributed by atoms with Gasteiger partial charge in [0.1, 0.15) is 6.61 Å². The minimum absolute atomic E-state index is 0.0379. The third kappa shape index (κ3) is 4.11. The molecule has 4 N–H and O–H groups in total. The zero-order valence-electron chi connectivity index (χ0n) is 5.83. The van der Waals surface area contributed by atoms with Crippen molar-refractivity contribution in [2.45, 2.75) is 6.04 Å². The van der Waals surface area contributed by atoms with E-state index in [4.69, 9.17) is 10.8 Å². The van der Waals surface area contributed by atoms with Gasteiger partial charge in [-0.25, -0.2) is 4.79 Å². The second-order valence-corrected chi connectivity index (χ2v) is 1.79. The summed E-state index contributed by atoms with van der Waals surface area (Å²) in [5.74, 6) is 0. The van der Waals surface area contributed by atoms with Gasteiger partial charge in [-0.3, -0.25) is 0 Å². The molecule has 0 fully saturated rings. The van der Waals surface area contributed by atoms with E-state index in [1.807, 2.05) is 0 Å². The molecule has 0 radical (unpaired) electrons. The fourth-order valence-electron chi connectivity index (χ4n) is 0.308. The zero-order chi connectivity index (χ0) is 7.98. The Kier molecular flexibility index (Phi) is 4.61. The van der Waals surface area contributed by atoms with Crippen LogP contribution in [0.5, 0.6) is 0 Å². The van der Waals surface area contributed by atoms with Crippen LogP contribution in [0.4, 0.5) is 4.79 Å². The molecule has 0 heterocycles. The van der Waals surface area contributed by atoms with E-state index in [-0.39, 0.29) is 13.2 Å². The van der Waals surface area contributed by atoms with Gasteiger partial charge in [-0.2, -0.15) is 0 Å². The molecule has 1 atom stereocenters. The highest BCUT2D eigenvalue weighted by Crippen LogP contribution is 1.80. The van der Waals surface area contributed by atoms with Crippen LogP contribution < -0.4 is 11.1 Å². The standard InChI is InChI=1S/C5H12N2O3/c1-7-5(9)10-3-4(6)2-8/h4,8H,2-3,6H2,1H3,(H,7,9). The lowest BCUT2D eigenvalue weighted by molar-refractivity contribution is 0.127. The van der Waals surface area contributed by atoms with Crippen molar-refractivity contribution in [3.63, 3.8) is 0 Å². The molecule has 5 heteroatoms. The molecule has 0 bridgehead atoms. The molecule has 10 heavy (non-hydrogen) atoms. The number of nitrogens with two attached hydrogens (primary N) is 1. The molecule has 60 valence electrons. The number of hydrogen-bond donors (Lipinski definition) is 3. The van der Waals surface area contributed by atoms with Crippen molar-refractivity contribution in [3.05, 3.63) is 0 Å². The SMILES string of the molecule is CNC(=O)OCC(N)CO. The summed E-state index contributed by atoms with van der Waals surface area (Å²) >= 11 is 0. The lowest BCUT2D eigenvalue weighted by Crippen LogP contribution is -2.33. The molecule has 1 unspecified atom stereocenters. The molecular formula is C5H12N2O3. The van der Waals surface area contributed by atoms with Crippen molar-refractivity contribution in [2.75, 3.05) is 20.3 Å². The van der Waals surface area contributed by atoms with Gasteiger partial charge in [0.15, 0.2) is 0 Å².